The molecule has 1 aromatic carbocycles. The van der Waals surface area contributed by atoms with Crippen LogP contribution in [0.15, 0.2) is 36.5 Å². The molecule has 0 bridgehead atoms. The first-order chi connectivity index (χ1) is 20.8. The average molecular weight is 619 g/mol. The van der Waals surface area contributed by atoms with Crippen molar-refractivity contribution in [2.45, 2.75) is 96.4 Å². The lowest BCUT2D eigenvalue weighted by Crippen LogP contribution is -2.50. The van der Waals surface area contributed by atoms with Gasteiger partial charge in [-0.05, 0) is 61.1 Å². The minimum absolute atomic E-state index is 0.00446. The third kappa shape index (κ3) is 6.59. The molecule has 2 saturated heterocycles. The maximum absolute atomic E-state index is 14.3. The summed E-state index contributed by atoms with van der Waals surface area (Å²) in [5.41, 5.74) is 0.527. The number of amides is 1. The number of carbonyl (C=O) groups is 2. The smallest absolute Gasteiger partial charge is 0.417 e. The first kappa shape index (κ1) is 32.2. The summed E-state index contributed by atoms with van der Waals surface area (Å²) >= 11 is 0. The maximum atomic E-state index is 14.3. The molecule has 11 heteroatoms. The minimum atomic E-state index is -4.61. The Morgan fingerprint density at radius 3 is 2.41 bits per heavy atom. The Balaban J connectivity index is 1.63. The van der Waals surface area contributed by atoms with Crippen LogP contribution in [0, 0.1) is 11.3 Å². The van der Waals surface area contributed by atoms with Gasteiger partial charge in [0.1, 0.15) is 12.1 Å². The van der Waals surface area contributed by atoms with E-state index in [0.717, 1.165) is 42.7 Å². The Morgan fingerprint density at radius 2 is 1.82 bits per heavy atom. The highest BCUT2D eigenvalue weighted by Gasteiger charge is 2.60. The zero-order chi connectivity index (χ0) is 31.8. The molecule has 2 aromatic rings. The van der Waals surface area contributed by atoms with Gasteiger partial charge in [-0.3, -0.25) is 4.79 Å². The first-order valence-electron chi connectivity index (χ1n) is 15.3. The van der Waals surface area contributed by atoms with Crippen molar-refractivity contribution in [2.75, 3.05) is 20.3 Å². The van der Waals surface area contributed by atoms with Crippen LogP contribution in [0.2, 0.25) is 0 Å². The zero-order valence-corrected chi connectivity index (χ0v) is 25.9. The number of halogens is 3. The van der Waals surface area contributed by atoms with Crippen LogP contribution >= 0.6 is 0 Å². The van der Waals surface area contributed by atoms with Crippen LogP contribution in [0.4, 0.5) is 13.2 Å². The number of benzene rings is 1. The summed E-state index contributed by atoms with van der Waals surface area (Å²) < 4.78 is 64.1. The number of hydrogen-bond acceptors (Lipinski definition) is 7. The largest absolute Gasteiger partial charge is 0.481 e. The Hall–Kier alpha value is -3.18. The van der Waals surface area contributed by atoms with Gasteiger partial charge in [0.05, 0.1) is 38.0 Å². The molecule has 1 saturated carbocycles. The van der Waals surface area contributed by atoms with Crippen molar-refractivity contribution in [1.29, 1.82) is 0 Å². The van der Waals surface area contributed by atoms with E-state index in [1.165, 1.54) is 7.11 Å². The van der Waals surface area contributed by atoms with Crippen LogP contribution < -0.4 is 4.74 Å². The topological polar surface area (TPSA) is 87.2 Å². The van der Waals surface area contributed by atoms with Crippen LogP contribution in [0.25, 0.3) is 0 Å². The van der Waals surface area contributed by atoms with E-state index in [9.17, 15) is 22.8 Å². The van der Waals surface area contributed by atoms with Crippen LogP contribution in [-0.4, -0.2) is 60.3 Å². The number of carbonyl (C=O) groups excluding carboxylic acids is 2. The SMILES string of the molecule is CCOC(=O)[C@@H]1[C@@H](C(C)(C)C)[C@H](OCc2cc(C(F)(F)F)cnc2OC)[C@H](c2cccc(C3CC3)c2)N1C(=O)[C@@H]1CCCO1. The van der Waals surface area contributed by atoms with Gasteiger partial charge >= 0.3 is 12.1 Å². The standard InChI is InChI=1S/C33H41F3N2O6/c1-6-42-31(40)27-25(32(2,3)4)28(44-18-22-16-23(33(34,35)36)17-37-29(22)41-5)26(38(27)30(39)24-11-8-14-43-24)21-10-7-9-20(15-21)19-12-13-19/h7,9-10,15-17,19,24-28H,6,8,11-14,18H2,1-5H3/t24-,25+,26-,27-,28-/m0/s1. The van der Waals surface area contributed by atoms with Gasteiger partial charge in [0.2, 0.25) is 5.88 Å². The molecule has 3 aliphatic rings. The predicted octanol–water partition coefficient (Wildman–Crippen LogP) is 6.23. The number of likely N-dealkylation sites (tertiary alicyclic amines) is 1. The number of alkyl halides is 3. The van der Waals surface area contributed by atoms with E-state index in [1.54, 1.807) is 11.8 Å². The molecule has 0 unspecified atom stereocenters. The maximum Gasteiger partial charge on any atom is 0.417 e. The van der Waals surface area contributed by atoms with E-state index >= 15 is 0 Å². The number of rotatable bonds is 9. The van der Waals surface area contributed by atoms with Crippen molar-refractivity contribution in [2.24, 2.45) is 11.3 Å². The summed E-state index contributed by atoms with van der Waals surface area (Å²) in [7, 11) is 1.33. The Morgan fingerprint density at radius 1 is 1.09 bits per heavy atom. The Bertz CT molecular complexity index is 1350. The summed E-state index contributed by atoms with van der Waals surface area (Å²) in [5, 5.41) is 0. The lowest BCUT2D eigenvalue weighted by atomic mass is 9.73. The molecule has 0 N–H and O–H groups in total. The van der Waals surface area contributed by atoms with Crippen molar-refractivity contribution in [3.05, 3.63) is 58.8 Å². The molecule has 1 amide bonds. The highest BCUT2D eigenvalue weighted by molar-refractivity contribution is 5.89. The van der Waals surface area contributed by atoms with Crippen molar-refractivity contribution in [3.8, 4) is 5.88 Å². The van der Waals surface area contributed by atoms with Crippen molar-refractivity contribution in [1.82, 2.24) is 9.88 Å². The quantitative estimate of drug-likeness (QED) is 0.308. The lowest BCUT2D eigenvalue weighted by molar-refractivity contribution is -0.160. The van der Waals surface area contributed by atoms with Gasteiger partial charge in [-0.2, -0.15) is 13.2 Å². The molecule has 8 nitrogen and oxygen atoms in total. The summed E-state index contributed by atoms with van der Waals surface area (Å²) in [6, 6.07) is 7.21. The van der Waals surface area contributed by atoms with E-state index in [2.05, 4.69) is 17.1 Å². The molecule has 0 spiro atoms. The molecule has 5 atom stereocenters. The number of hydrogen-bond donors (Lipinski definition) is 0. The van der Waals surface area contributed by atoms with Crippen LogP contribution in [0.3, 0.4) is 0 Å². The van der Waals surface area contributed by atoms with E-state index in [1.807, 2.05) is 32.9 Å². The summed E-state index contributed by atoms with van der Waals surface area (Å²) in [4.78, 5) is 33.6. The van der Waals surface area contributed by atoms with Crippen molar-refractivity contribution < 1.29 is 41.7 Å². The van der Waals surface area contributed by atoms with E-state index in [-0.39, 0.29) is 30.6 Å². The highest BCUT2D eigenvalue weighted by Crippen LogP contribution is 2.51. The molecule has 2 aliphatic heterocycles. The minimum Gasteiger partial charge on any atom is -0.481 e. The van der Waals surface area contributed by atoms with Gasteiger partial charge in [0, 0.05) is 24.3 Å². The summed E-state index contributed by atoms with van der Waals surface area (Å²) in [5.74, 6) is -1.01. The van der Waals surface area contributed by atoms with E-state index < -0.39 is 53.3 Å². The van der Waals surface area contributed by atoms with Crippen LogP contribution in [0.1, 0.15) is 87.6 Å². The molecule has 5 rings (SSSR count). The van der Waals surface area contributed by atoms with Crippen molar-refractivity contribution in [3.63, 3.8) is 0 Å². The zero-order valence-electron chi connectivity index (χ0n) is 25.9. The molecule has 240 valence electrons. The molecule has 3 fully saturated rings. The third-order valence-electron chi connectivity index (χ3n) is 8.77. The molecular weight excluding hydrogens is 577 g/mol. The Labute approximate surface area is 256 Å². The summed E-state index contributed by atoms with van der Waals surface area (Å²) in [6.07, 6.45) is -1.99. The normalized spacial score (nSPS) is 25.7. The highest BCUT2D eigenvalue weighted by atomic mass is 19.4. The fourth-order valence-electron chi connectivity index (χ4n) is 6.63. The Kier molecular flexibility index (Phi) is 9.28. The number of aromatic nitrogens is 1. The predicted molar refractivity (Wildman–Crippen MR) is 155 cm³/mol. The number of esters is 1. The monoisotopic (exact) mass is 618 g/mol. The van der Waals surface area contributed by atoms with Crippen molar-refractivity contribution >= 4 is 11.9 Å². The number of pyridine rings is 1. The molecule has 1 aliphatic carbocycles. The van der Waals surface area contributed by atoms with Gasteiger partial charge in [-0.25, -0.2) is 9.78 Å². The fraction of sp³-hybridized carbons (Fsp3) is 0.606. The second kappa shape index (κ2) is 12.7. The van der Waals surface area contributed by atoms with E-state index in [4.69, 9.17) is 18.9 Å². The van der Waals surface area contributed by atoms with Crippen LogP contribution in [-0.2, 0) is 36.6 Å². The molecule has 0 radical (unpaired) electrons. The van der Waals surface area contributed by atoms with Gasteiger partial charge in [-0.1, -0.05) is 45.0 Å². The molecule has 1 aromatic heterocycles. The molecule has 44 heavy (non-hydrogen) atoms. The first-order valence-corrected chi connectivity index (χ1v) is 15.3. The van der Waals surface area contributed by atoms with Crippen LogP contribution in [0.5, 0.6) is 5.88 Å². The molecular formula is C33H41F3N2O6. The van der Waals surface area contributed by atoms with Gasteiger partial charge in [0.25, 0.3) is 5.91 Å². The fourth-order valence-corrected chi connectivity index (χ4v) is 6.63. The number of methoxy groups -OCH3 is 1. The average Bonchev–Trinajstić information content (AvgIpc) is 3.55. The number of nitrogens with zero attached hydrogens (tertiary/aromatic N) is 2. The second-order valence-corrected chi connectivity index (χ2v) is 12.9. The summed E-state index contributed by atoms with van der Waals surface area (Å²) in [6.45, 7) is 7.88. The van der Waals surface area contributed by atoms with Gasteiger partial charge < -0.3 is 23.8 Å². The molecule has 3 heterocycles. The second-order valence-electron chi connectivity index (χ2n) is 12.9. The van der Waals surface area contributed by atoms with Gasteiger partial charge in [-0.15, -0.1) is 0 Å². The van der Waals surface area contributed by atoms with E-state index in [0.29, 0.717) is 18.9 Å². The van der Waals surface area contributed by atoms with Gasteiger partial charge in [0.15, 0.2) is 0 Å². The third-order valence-corrected chi connectivity index (χ3v) is 8.77. The number of ether oxygens (including phenoxy) is 4. The lowest BCUT2D eigenvalue weighted by Gasteiger charge is -2.35.